The predicted octanol–water partition coefficient (Wildman–Crippen LogP) is 2.93. The van der Waals surface area contributed by atoms with Crippen LogP contribution in [0, 0.1) is 5.82 Å². The number of carbonyl (C=O) groups is 1. The van der Waals surface area contributed by atoms with Crippen molar-refractivity contribution < 1.29 is 40.2 Å². The van der Waals surface area contributed by atoms with Crippen molar-refractivity contribution >= 4 is 15.9 Å². The third-order valence-electron chi connectivity index (χ3n) is 3.95. The Morgan fingerprint density at radius 1 is 1.10 bits per heavy atom. The molecule has 2 aromatic rings. The van der Waals surface area contributed by atoms with Gasteiger partial charge in [-0.25, -0.2) is 17.5 Å². The number of rotatable bonds is 10. The number of sulfonamides is 1. The first-order chi connectivity index (χ1) is 14.5. The lowest BCUT2D eigenvalue weighted by Gasteiger charge is -2.18. The smallest absolute Gasteiger partial charge is 0.489 e. The van der Waals surface area contributed by atoms with Gasteiger partial charge in [-0.3, -0.25) is 4.79 Å². The van der Waals surface area contributed by atoms with E-state index in [0.29, 0.717) is 0 Å². The molecule has 1 amide bonds. The first-order valence-corrected chi connectivity index (χ1v) is 10.4. The maximum atomic E-state index is 13.5. The zero-order chi connectivity index (χ0) is 23.1. The predicted molar refractivity (Wildman–Crippen MR) is 102 cm³/mol. The zero-order valence-corrected chi connectivity index (χ0v) is 17.2. The molecule has 0 atom stereocenters. The number of halogens is 4. The summed E-state index contributed by atoms with van der Waals surface area (Å²) in [5, 5.41) is 0. The highest BCUT2D eigenvalue weighted by molar-refractivity contribution is 7.89. The normalized spacial score (nSPS) is 11.8. The minimum atomic E-state index is -4.88. The van der Waals surface area contributed by atoms with Crippen LogP contribution >= 0.6 is 0 Å². The molecule has 0 fully saturated rings. The van der Waals surface area contributed by atoms with Crippen LogP contribution in [0.1, 0.15) is 6.42 Å². The van der Waals surface area contributed by atoms with Gasteiger partial charge in [-0.2, -0.15) is 0 Å². The van der Waals surface area contributed by atoms with Gasteiger partial charge >= 0.3 is 6.36 Å². The standard InChI is InChI=1S/C19H20F4N2O5S/c1-25(12-13-29-17-5-3-2-4-16(17)20)18(26)10-11-24-31(27,28)15-8-6-14(7-9-15)30-19(21,22)23/h2-9,24H,10-13H2,1H3. The number of likely N-dealkylation sites (N-methyl/N-ethyl adjacent to an activating group) is 1. The van der Waals surface area contributed by atoms with Crippen molar-refractivity contribution in [1.29, 1.82) is 0 Å². The summed E-state index contributed by atoms with van der Waals surface area (Å²) in [5.41, 5.74) is 0. The summed E-state index contributed by atoms with van der Waals surface area (Å²) in [5.74, 6) is -1.40. The topological polar surface area (TPSA) is 84.9 Å². The summed E-state index contributed by atoms with van der Waals surface area (Å²) in [7, 11) is -2.54. The van der Waals surface area contributed by atoms with E-state index in [0.717, 1.165) is 24.3 Å². The molecular formula is C19H20F4N2O5S. The number of hydrogen-bond donors (Lipinski definition) is 1. The SMILES string of the molecule is CN(CCOc1ccccc1F)C(=O)CCNS(=O)(=O)c1ccc(OC(F)(F)F)cc1. The lowest BCUT2D eigenvalue weighted by Crippen LogP contribution is -2.34. The number of benzene rings is 2. The van der Waals surface area contributed by atoms with E-state index < -0.39 is 28.0 Å². The minimum absolute atomic E-state index is 0.0429. The van der Waals surface area contributed by atoms with Gasteiger partial charge in [-0.1, -0.05) is 12.1 Å². The van der Waals surface area contributed by atoms with Gasteiger partial charge in [0.15, 0.2) is 11.6 Å². The first kappa shape index (κ1) is 24.4. The Labute approximate surface area is 176 Å². The van der Waals surface area contributed by atoms with E-state index in [1.807, 2.05) is 0 Å². The summed E-state index contributed by atoms with van der Waals surface area (Å²) >= 11 is 0. The van der Waals surface area contributed by atoms with Gasteiger partial charge in [0.25, 0.3) is 0 Å². The number of alkyl halides is 3. The Kier molecular flexibility index (Phi) is 8.22. The lowest BCUT2D eigenvalue weighted by molar-refractivity contribution is -0.274. The number of para-hydroxylation sites is 1. The Morgan fingerprint density at radius 3 is 2.35 bits per heavy atom. The maximum Gasteiger partial charge on any atom is 0.573 e. The quantitative estimate of drug-likeness (QED) is 0.547. The number of amides is 1. The Hall–Kier alpha value is -2.86. The molecule has 0 saturated carbocycles. The molecule has 0 aliphatic rings. The monoisotopic (exact) mass is 464 g/mol. The van der Waals surface area contributed by atoms with Crippen LogP contribution in [0.3, 0.4) is 0 Å². The maximum absolute atomic E-state index is 13.5. The number of nitrogens with zero attached hydrogens (tertiary/aromatic N) is 1. The van der Waals surface area contributed by atoms with Crippen LogP contribution in [0.4, 0.5) is 17.6 Å². The molecule has 0 aliphatic carbocycles. The van der Waals surface area contributed by atoms with E-state index in [2.05, 4.69) is 9.46 Å². The van der Waals surface area contributed by atoms with Gasteiger partial charge < -0.3 is 14.4 Å². The number of carbonyl (C=O) groups excluding carboxylic acids is 1. The first-order valence-electron chi connectivity index (χ1n) is 8.95. The third-order valence-corrected chi connectivity index (χ3v) is 5.42. The van der Waals surface area contributed by atoms with Gasteiger partial charge in [-0.05, 0) is 36.4 Å². The van der Waals surface area contributed by atoms with Crippen LogP contribution in [-0.4, -0.2) is 52.3 Å². The molecule has 0 aliphatic heterocycles. The minimum Gasteiger partial charge on any atom is -0.489 e. The summed E-state index contributed by atoms with van der Waals surface area (Å²) in [6.45, 7) is -0.0255. The van der Waals surface area contributed by atoms with Crippen molar-refractivity contribution in [3.63, 3.8) is 0 Å². The second-order valence-corrected chi connectivity index (χ2v) is 8.03. The van der Waals surface area contributed by atoms with Crippen molar-refractivity contribution in [2.75, 3.05) is 26.7 Å². The van der Waals surface area contributed by atoms with Crippen LogP contribution < -0.4 is 14.2 Å². The Morgan fingerprint density at radius 2 is 1.74 bits per heavy atom. The van der Waals surface area contributed by atoms with Gasteiger partial charge in [0.1, 0.15) is 12.4 Å². The number of nitrogens with one attached hydrogen (secondary N) is 1. The summed E-state index contributed by atoms with van der Waals surface area (Å²) in [6, 6.07) is 9.47. The summed E-state index contributed by atoms with van der Waals surface area (Å²) in [4.78, 5) is 13.1. The average Bonchev–Trinajstić information content (AvgIpc) is 2.68. The Bertz CT molecular complexity index is 982. The fourth-order valence-corrected chi connectivity index (χ4v) is 3.40. The van der Waals surface area contributed by atoms with Crippen LogP contribution in [0.25, 0.3) is 0 Å². The molecule has 31 heavy (non-hydrogen) atoms. The molecule has 0 unspecified atom stereocenters. The van der Waals surface area contributed by atoms with Crippen molar-refractivity contribution in [3.05, 3.63) is 54.3 Å². The molecule has 0 radical (unpaired) electrons. The van der Waals surface area contributed by atoms with E-state index in [-0.39, 0.29) is 42.7 Å². The summed E-state index contributed by atoms with van der Waals surface area (Å²) in [6.07, 6.45) is -5.05. The fourth-order valence-electron chi connectivity index (χ4n) is 2.37. The third kappa shape index (κ3) is 8.06. The second kappa shape index (κ2) is 10.4. The lowest BCUT2D eigenvalue weighted by atomic mass is 10.3. The highest BCUT2D eigenvalue weighted by Crippen LogP contribution is 2.23. The van der Waals surface area contributed by atoms with Gasteiger partial charge in [-0.15, -0.1) is 13.2 Å². The van der Waals surface area contributed by atoms with Crippen molar-refractivity contribution in [1.82, 2.24) is 9.62 Å². The van der Waals surface area contributed by atoms with Crippen molar-refractivity contribution in [2.24, 2.45) is 0 Å². The van der Waals surface area contributed by atoms with Crippen LogP contribution in [0.15, 0.2) is 53.4 Å². The van der Waals surface area contributed by atoms with Crippen LogP contribution in [0.2, 0.25) is 0 Å². The van der Waals surface area contributed by atoms with Crippen molar-refractivity contribution in [3.8, 4) is 11.5 Å². The highest BCUT2D eigenvalue weighted by Gasteiger charge is 2.31. The molecule has 0 saturated heterocycles. The number of hydrogen-bond acceptors (Lipinski definition) is 5. The molecule has 0 heterocycles. The molecule has 0 bridgehead atoms. The van der Waals surface area contributed by atoms with Crippen LogP contribution in [-0.2, 0) is 14.8 Å². The number of ether oxygens (including phenoxy) is 2. The fraction of sp³-hybridized carbons (Fsp3) is 0.316. The van der Waals surface area contributed by atoms with E-state index in [4.69, 9.17) is 4.74 Å². The van der Waals surface area contributed by atoms with Gasteiger partial charge in [0.2, 0.25) is 15.9 Å². The molecule has 1 N–H and O–H groups in total. The van der Waals surface area contributed by atoms with Gasteiger partial charge in [0.05, 0.1) is 11.4 Å². The van der Waals surface area contributed by atoms with Gasteiger partial charge in [0, 0.05) is 20.0 Å². The molecule has 12 heteroatoms. The Balaban J connectivity index is 1.77. The van der Waals surface area contributed by atoms with E-state index in [1.165, 1.54) is 30.1 Å². The zero-order valence-electron chi connectivity index (χ0n) is 16.4. The molecule has 2 rings (SSSR count). The van der Waals surface area contributed by atoms with E-state index in [1.54, 1.807) is 6.07 Å². The molecule has 7 nitrogen and oxygen atoms in total. The van der Waals surface area contributed by atoms with E-state index >= 15 is 0 Å². The molecule has 0 aromatic heterocycles. The highest BCUT2D eigenvalue weighted by atomic mass is 32.2. The second-order valence-electron chi connectivity index (χ2n) is 6.26. The van der Waals surface area contributed by atoms with Crippen LogP contribution in [0.5, 0.6) is 11.5 Å². The summed E-state index contributed by atoms with van der Waals surface area (Å²) < 4.78 is 85.4. The van der Waals surface area contributed by atoms with E-state index in [9.17, 15) is 30.8 Å². The average molecular weight is 464 g/mol. The molecule has 0 spiro atoms. The molecule has 170 valence electrons. The van der Waals surface area contributed by atoms with Crippen molar-refractivity contribution in [2.45, 2.75) is 17.7 Å². The largest absolute Gasteiger partial charge is 0.573 e. The molecule has 2 aromatic carbocycles. The molecular weight excluding hydrogens is 444 g/mol.